The molecule has 2 aromatic rings. The quantitative estimate of drug-likeness (QED) is 0.861. The molecule has 0 aromatic heterocycles. The SMILES string of the molecule is NC(=O)CS(=O)(=O)Cc1ccccc1Oc1ccc(F)c(Cl)c1. The largest absolute Gasteiger partial charge is 0.457 e. The molecule has 0 aliphatic heterocycles. The monoisotopic (exact) mass is 357 g/mol. The average Bonchev–Trinajstić information content (AvgIpc) is 2.43. The molecule has 23 heavy (non-hydrogen) atoms. The van der Waals surface area contributed by atoms with Crippen LogP contribution in [0.4, 0.5) is 4.39 Å². The van der Waals surface area contributed by atoms with E-state index in [0.29, 0.717) is 5.56 Å². The van der Waals surface area contributed by atoms with Crippen molar-refractivity contribution >= 4 is 27.3 Å². The minimum atomic E-state index is -3.70. The van der Waals surface area contributed by atoms with Crippen molar-refractivity contribution in [2.45, 2.75) is 5.75 Å². The van der Waals surface area contributed by atoms with Crippen LogP contribution in [-0.4, -0.2) is 20.1 Å². The molecule has 0 unspecified atom stereocenters. The molecule has 2 N–H and O–H groups in total. The second-order valence-corrected chi connectivity index (χ2v) is 7.26. The van der Waals surface area contributed by atoms with Crippen LogP contribution in [0.2, 0.25) is 5.02 Å². The van der Waals surface area contributed by atoms with E-state index in [9.17, 15) is 17.6 Å². The molecule has 0 saturated heterocycles. The Balaban J connectivity index is 2.27. The molecular weight excluding hydrogens is 345 g/mol. The van der Waals surface area contributed by atoms with Gasteiger partial charge in [0, 0.05) is 11.6 Å². The molecule has 0 aliphatic rings. The third-order valence-corrected chi connectivity index (χ3v) is 4.59. The molecule has 5 nitrogen and oxygen atoms in total. The van der Waals surface area contributed by atoms with Gasteiger partial charge in [-0.2, -0.15) is 0 Å². The maximum atomic E-state index is 13.2. The Labute approximate surface area is 137 Å². The molecule has 0 spiro atoms. The van der Waals surface area contributed by atoms with Crippen LogP contribution in [0.1, 0.15) is 5.56 Å². The number of carbonyl (C=O) groups excluding carboxylic acids is 1. The molecule has 0 atom stereocenters. The number of sulfone groups is 1. The van der Waals surface area contributed by atoms with Crippen molar-refractivity contribution in [2.75, 3.05) is 5.75 Å². The van der Waals surface area contributed by atoms with Gasteiger partial charge in [0.25, 0.3) is 0 Å². The number of benzene rings is 2. The van der Waals surface area contributed by atoms with Gasteiger partial charge in [-0.25, -0.2) is 12.8 Å². The number of hydrogen-bond acceptors (Lipinski definition) is 4. The molecule has 0 saturated carbocycles. The van der Waals surface area contributed by atoms with Crippen molar-refractivity contribution in [3.8, 4) is 11.5 Å². The molecular formula is C15H13ClFNO4S. The van der Waals surface area contributed by atoms with Gasteiger partial charge in [-0.1, -0.05) is 29.8 Å². The number of rotatable bonds is 6. The molecule has 2 aromatic carbocycles. The summed E-state index contributed by atoms with van der Waals surface area (Å²) in [6.45, 7) is 0. The summed E-state index contributed by atoms with van der Waals surface area (Å²) >= 11 is 5.68. The zero-order valence-electron chi connectivity index (χ0n) is 11.8. The van der Waals surface area contributed by atoms with Crippen LogP contribution < -0.4 is 10.5 Å². The van der Waals surface area contributed by atoms with Crippen molar-refractivity contribution in [1.82, 2.24) is 0 Å². The lowest BCUT2D eigenvalue weighted by atomic mass is 10.2. The number of nitrogens with two attached hydrogens (primary N) is 1. The number of carbonyl (C=O) groups is 1. The summed E-state index contributed by atoms with van der Waals surface area (Å²) < 4.78 is 42.5. The second kappa shape index (κ2) is 6.97. The van der Waals surface area contributed by atoms with E-state index in [0.717, 1.165) is 6.07 Å². The van der Waals surface area contributed by atoms with E-state index in [2.05, 4.69) is 0 Å². The van der Waals surface area contributed by atoms with E-state index in [-0.39, 0.29) is 16.5 Å². The van der Waals surface area contributed by atoms with E-state index in [4.69, 9.17) is 22.1 Å². The number of amides is 1. The normalized spacial score (nSPS) is 11.2. The molecule has 1 amide bonds. The number of hydrogen-bond donors (Lipinski definition) is 1. The highest BCUT2D eigenvalue weighted by atomic mass is 35.5. The molecule has 122 valence electrons. The minimum absolute atomic E-state index is 0.110. The van der Waals surface area contributed by atoms with Crippen LogP contribution >= 0.6 is 11.6 Å². The summed E-state index contributed by atoms with van der Waals surface area (Å²) in [5, 5.41) is -0.110. The highest BCUT2D eigenvalue weighted by molar-refractivity contribution is 7.91. The zero-order valence-corrected chi connectivity index (χ0v) is 13.4. The molecule has 0 fully saturated rings. The first-order chi connectivity index (χ1) is 10.8. The van der Waals surface area contributed by atoms with Crippen LogP contribution in [-0.2, 0) is 20.4 Å². The second-order valence-electron chi connectivity index (χ2n) is 4.78. The highest BCUT2D eigenvalue weighted by Crippen LogP contribution is 2.29. The predicted molar refractivity (Wildman–Crippen MR) is 84.6 cm³/mol. The number of ether oxygens (including phenoxy) is 1. The lowest BCUT2D eigenvalue weighted by Gasteiger charge is -2.11. The van der Waals surface area contributed by atoms with Gasteiger partial charge in [-0.05, 0) is 18.2 Å². The Hall–Kier alpha value is -2.12. The maximum Gasteiger partial charge on any atom is 0.232 e. The van der Waals surface area contributed by atoms with E-state index in [1.165, 1.54) is 12.1 Å². The summed E-state index contributed by atoms with van der Waals surface area (Å²) in [5.74, 6) is -2.13. The van der Waals surface area contributed by atoms with Gasteiger partial charge in [0.05, 0.1) is 10.8 Å². The van der Waals surface area contributed by atoms with Crippen LogP contribution in [0, 0.1) is 5.82 Å². The third kappa shape index (κ3) is 4.94. The van der Waals surface area contributed by atoms with Crippen molar-refractivity contribution in [1.29, 1.82) is 0 Å². The first-order valence-corrected chi connectivity index (χ1v) is 8.66. The summed E-state index contributed by atoms with van der Waals surface area (Å²) in [4.78, 5) is 10.8. The molecule has 8 heteroatoms. The molecule has 0 bridgehead atoms. The van der Waals surface area contributed by atoms with Gasteiger partial charge in [0.1, 0.15) is 23.1 Å². The van der Waals surface area contributed by atoms with Gasteiger partial charge in [-0.3, -0.25) is 4.79 Å². The standard InChI is InChI=1S/C15H13ClFNO4S/c16-12-7-11(5-6-13(12)17)22-14-4-2-1-3-10(14)8-23(20,21)9-15(18)19/h1-7H,8-9H2,(H2,18,19). The van der Waals surface area contributed by atoms with E-state index in [1.807, 2.05) is 0 Å². The van der Waals surface area contributed by atoms with Crippen molar-refractivity contribution in [2.24, 2.45) is 5.73 Å². The molecule has 0 heterocycles. The first kappa shape index (κ1) is 17.2. The molecule has 0 radical (unpaired) electrons. The lowest BCUT2D eigenvalue weighted by molar-refractivity contribution is -0.115. The topological polar surface area (TPSA) is 86.5 Å². The Morgan fingerprint density at radius 3 is 2.57 bits per heavy atom. The summed E-state index contributed by atoms with van der Waals surface area (Å²) in [6.07, 6.45) is 0. The fourth-order valence-corrected chi connectivity index (χ4v) is 3.31. The van der Waals surface area contributed by atoms with Gasteiger partial charge in [-0.15, -0.1) is 0 Å². The fraction of sp³-hybridized carbons (Fsp3) is 0.133. The van der Waals surface area contributed by atoms with Crippen molar-refractivity contribution in [3.05, 3.63) is 58.9 Å². The number of halogens is 2. The van der Waals surface area contributed by atoms with Gasteiger partial charge < -0.3 is 10.5 Å². The Bertz CT molecular complexity index is 839. The van der Waals surface area contributed by atoms with Crippen molar-refractivity contribution in [3.63, 3.8) is 0 Å². The van der Waals surface area contributed by atoms with E-state index in [1.54, 1.807) is 24.3 Å². The lowest BCUT2D eigenvalue weighted by Crippen LogP contribution is -2.24. The smallest absolute Gasteiger partial charge is 0.232 e. The highest BCUT2D eigenvalue weighted by Gasteiger charge is 2.18. The van der Waals surface area contributed by atoms with Crippen molar-refractivity contribution < 1.29 is 22.3 Å². The first-order valence-electron chi connectivity index (χ1n) is 6.46. The molecule has 2 rings (SSSR count). The minimum Gasteiger partial charge on any atom is -0.457 e. The maximum absolute atomic E-state index is 13.2. The van der Waals surface area contributed by atoms with E-state index >= 15 is 0 Å². The molecule has 0 aliphatic carbocycles. The van der Waals surface area contributed by atoms with Gasteiger partial charge in [0.15, 0.2) is 9.84 Å². The van der Waals surface area contributed by atoms with Gasteiger partial charge in [0.2, 0.25) is 5.91 Å². The summed E-state index contributed by atoms with van der Waals surface area (Å²) in [6, 6.07) is 10.2. The summed E-state index contributed by atoms with van der Waals surface area (Å²) in [7, 11) is -3.70. The Morgan fingerprint density at radius 1 is 1.22 bits per heavy atom. The van der Waals surface area contributed by atoms with E-state index < -0.39 is 33.1 Å². The summed E-state index contributed by atoms with van der Waals surface area (Å²) in [5.41, 5.74) is 5.28. The van der Waals surface area contributed by atoms with Crippen LogP contribution in [0.25, 0.3) is 0 Å². The van der Waals surface area contributed by atoms with Crippen LogP contribution in [0.3, 0.4) is 0 Å². The number of primary amides is 1. The average molecular weight is 358 g/mol. The zero-order chi connectivity index (χ0) is 17.0. The fourth-order valence-electron chi connectivity index (χ4n) is 1.89. The number of para-hydroxylation sites is 1. The van der Waals surface area contributed by atoms with Crippen LogP contribution in [0.15, 0.2) is 42.5 Å². The predicted octanol–water partition coefficient (Wildman–Crippen LogP) is 2.67. The Morgan fingerprint density at radius 2 is 1.91 bits per heavy atom. The van der Waals surface area contributed by atoms with Crippen LogP contribution in [0.5, 0.6) is 11.5 Å². The third-order valence-electron chi connectivity index (χ3n) is 2.83. The Kier molecular flexibility index (Phi) is 5.23. The van der Waals surface area contributed by atoms with Gasteiger partial charge >= 0.3 is 0 Å².